The number of hydrogen-bond acceptors (Lipinski definition) is 3. The van der Waals surface area contributed by atoms with Crippen LogP contribution >= 0.6 is 11.8 Å². The van der Waals surface area contributed by atoms with Crippen LogP contribution in [0, 0.1) is 0 Å². The second kappa shape index (κ2) is 11.4. The topological polar surface area (TPSA) is 44.7 Å². The van der Waals surface area contributed by atoms with Crippen LogP contribution in [0.15, 0.2) is 4.99 Å². The fraction of sp³-hybridized carbons (Fsp3) is 0.846. The van der Waals surface area contributed by atoms with Gasteiger partial charge in [0.05, 0.1) is 0 Å². The third kappa shape index (κ3) is 7.58. The van der Waals surface area contributed by atoms with Gasteiger partial charge < -0.3 is 4.90 Å². The lowest BCUT2D eigenvalue weighted by Gasteiger charge is -2.22. The largest absolute Gasteiger partial charge is 0.324 e. The van der Waals surface area contributed by atoms with Crippen molar-refractivity contribution in [3.8, 4) is 0 Å². The molecule has 0 radical (unpaired) electrons. The number of nitrogens with one attached hydrogen (secondary N) is 1. The number of carbonyl (C=O) groups excluding carboxylic acids is 1. The molecule has 18 heavy (non-hydrogen) atoms. The van der Waals surface area contributed by atoms with Crippen molar-refractivity contribution in [2.45, 2.75) is 46.5 Å². The van der Waals surface area contributed by atoms with Crippen molar-refractivity contribution in [2.75, 3.05) is 25.9 Å². The molecule has 4 nitrogen and oxygen atoms in total. The predicted octanol–water partition coefficient (Wildman–Crippen LogP) is 3.34. The quantitative estimate of drug-likeness (QED) is 0.571. The number of carbonyl (C=O) groups is 1. The molecular weight excluding hydrogens is 246 g/mol. The lowest BCUT2D eigenvalue weighted by Crippen LogP contribution is -2.43. The maximum Gasteiger partial charge on any atom is 0.323 e. The molecule has 0 spiro atoms. The number of thioether (sulfide) groups is 1. The van der Waals surface area contributed by atoms with Crippen LogP contribution in [-0.2, 0) is 0 Å². The zero-order valence-electron chi connectivity index (χ0n) is 12.2. The number of amides is 2. The molecule has 1 N–H and O–H groups in total. The number of unbranched alkanes of at least 4 members (excludes halogenated alkanes) is 2. The second-order valence-electron chi connectivity index (χ2n) is 4.11. The van der Waals surface area contributed by atoms with E-state index in [2.05, 4.69) is 24.2 Å². The average Bonchev–Trinajstić information content (AvgIpc) is 2.38. The van der Waals surface area contributed by atoms with E-state index in [4.69, 9.17) is 0 Å². The van der Waals surface area contributed by atoms with E-state index in [1.165, 1.54) is 11.8 Å². The van der Waals surface area contributed by atoms with Crippen molar-refractivity contribution in [3.05, 3.63) is 0 Å². The van der Waals surface area contributed by atoms with E-state index >= 15 is 0 Å². The van der Waals surface area contributed by atoms with Crippen molar-refractivity contribution in [3.63, 3.8) is 0 Å². The molecule has 0 aliphatic heterocycles. The van der Waals surface area contributed by atoms with Crippen molar-refractivity contribution >= 4 is 23.0 Å². The minimum absolute atomic E-state index is 0.0153. The third-order valence-corrected chi connectivity index (χ3v) is 3.18. The van der Waals surface area contributed by atoms with Crippen LogP contribution in [0.2, 0.25) is 0 Å². The first-order valence-corrected chi connectivity index (χ1v) is 8.06. The molecule has 0 fully saturated rings. The van der Waals surface area contributed by atoms with Crippen LogP contribution in [0.5, 0.6) is 0 Å². The Labute approximate surface area is 116 Å². The normalized spacial score (nSPS) is 11.4. The minimum Gasteiger partial charge on any atom is -0.324 e. The molecule has 0 atom stereocenters. The highest BCUT2D eigenvalue weighted by Gasteiger charge is 2.13. The van der Waals surface area contributed by atoms with E-state index in [9.17, 15) is 4.79 Å². The molecule has 0 unspecified atom stereocenters. The van der Waals surface area contributed by atoms with E-state index < -0.39 is 0 Å². The summed E-state index contributed by atoms with van der Waals surface area (Å²) < 4.78 is 0. The van der Waals surface area contributed by atoms with E-state index in [-0.39, 0.29) is 6.03 Å². The fourth-order valence-electron chi connectivity index (χ4n) is 1.48. The van der Waals surface area contributed by atoms with Crippen LogP contribution in [0.4, 0.5) is 4.79 Å². The Bertz CT molecular complexity index is 249. The maximum absolute atomic E-state index is 12.1. The molecular formula is C13H27N3OS. The number of nitrogens with zero attached hydrogens (tertiary/aromatic N) is 2. The van der Waals surface area contributed by atoms with Gasteiger partial charge in [0.15, 0.2) is 5.17 Å². The number of urea groups is 1. The van der Waals surface area contributed by atoms with Gasteiger partial charge in [-0.2, -0.15) is 0 Å². The van der Waals surface area contributed by atoms with E-state index in [1.807, 2.05) is 18.1 Å². The minimum atomic E-state index is -0.0153. The van der Waals surface area contributed by atoms with Crippen molar-refractivity contribution < 1.29 is 4.79 Å². The van der Waals surface area contributed by atoms with Crippen molar-refractivity contribution in [1.29, 1.82) is 0 Å². The molecule has 0 saturated heterocycles. The molecule has 0 bridgehead atoms. The molecule has 0 aromatic heterocycles. The summed E-state index contributed by atoms with van der Waals surface area (Å²) in [6.45, 7) is 8.60. The van der Waals surface area contributed by atoms with Crippen LogP contribution in [0.3, 0.4) is 0 Å². The molecule has 0 saturated carbocycles. The highest BCUT2D eigenvalue weighted by atomic mass is 32.2. The summed E-state index contributed by atoms with van der Waals surface area (Å²) >= 11 is 1.48. The van der Waals surface area contributed by atoms with Gasteiger partial charge in [0.2, 0.25) is 0 Å². The van der Waals surface area contributed by atoms with Crippen LogP contribution in [0.1, 0.15) is 46.5 Å². The fourth-order valence-corrected chi connectivity index (χ4v) is 1.93. The lowest BCUT2D eigenvalue weighted by molar-refractivity contribution is 0.201. The van der Waals surface area contributed by atoms with Crippen LogP contribution in [-0.4, -0.2) is 42.0 Å². The zero-order valence-corrected chi connectivity index (χ0v) is 13.0. The summed E-state index contributed by atoms with van der Waals surface area (Å²) in [4.78, 5) is 18.3. The van der Waals surface area contributed by atoms with E-state index in [1.54, 1.807) is 0 Å². The Morgan fingerprint density at radius 2 is 1.72 bits per heavy atom. The van der Waals surface area contributed by atoms with Gasteiger partial charge in [-0.05, 0) is 26.0 Å². The number of hydrogen-bond donors (Lipinski definition) is 1. The number of rotatable bonds is 7. The third-order valence-electron chi connectivity index (χ3n) is 2.56. The smallest absolute Gasteiger partial charge is 0.323 e. The summed E-state index contributed by atoms with van der Waals surface area (Å²) in [5, 5.41) is 3.59. The monoisotopic (exact) mass is 273 g/mol. The molecule has 5 heteroatoms. The molecule has 106 valence electrons. The second-order valence-corrected chi connectivity index (χ2v) is 4.90. The maximum atomic E-state index is 12.1. The van der Waals surface area contributed by atoms with Crippen LogP contribution in [0.25, 0.3) is 0 Å². The summed E-state index contributed by atoms with van der Waals surface area (Å²) in [7, 11) is 0. The zero-order chi connectivity index (χ0) is 13.8. The molecule has 0 heterocycles. The average molecular weight is 273 g/mol. The highest BCUT2D eigenvalue weighted by Crippen LogP contribution is 2.02. The Balaban J connectivity index is 4.38. The van der Waals surface area contributed by atoms with Gasteiger partial charge in [0.25, 0.3) is 0 Å². The van der Waals surface area contributed by atoms with Crippen molar-refractivity contribution in [2.24, 2.45) is 4.99 Å². The van der Waals surface area contributed by atoms with Gasteiger partial charge in [-0.1, -0.05) is 38.5 Å². The van der Waals surface area contributed by atoms with Crippen molar-refractivity contribution in [1.82, 2.24) is 10.2 Å². The van der Waals surface area contributed by atoms with Gasteiger partial charge in [0.1, 0.15) is 0 Å². The Morgan fingerprint density at radius 3 is 2.11 bits per heavy atom. The molecule has 0 aliphatic carbocycles. The molecule has 2 amide bonds. The summed E-state index contributed by atoms with van der Waals surface area (Å²) in [5.74, 6) is 0. The molecule has 0 aromatic rings. The van der Waals surface area contributed by atoms with Gasteiger partial charge in [-0.15, -0.1) is 0 Å². The number of aliphatic imine (C=N–C) groups is 1. The SMILES string of the molecule is CCCCN(CCCC)C(=O)NC(=NCC)SC. The first-order valence-electron chi connectivity index (χ1n) is 6.83. The van der Waals surface area contributed by atoms with Gasteiger partial charge in [-0.3, -0.25) is 10.3 Å². The van der Waals surface area contributed by atoms with Crippen LogP contribution < -0.4 is 5.32 Å². The first kappa shape index (κ1) is 17.3. The molecule has 0 rings (SSSR count). The standard InChI is InChI=1S/C13H27N3OS/c1-5-8-10-16(11-9-6-2)13(17)15-12(18-4)14-7-3/h5-11H2,1-4H3,(H,14,15,17). The summed E-state index contributed by atoms with van der Waals surface area (Å²) in [6, 6.07) is -0.0153. The highest BCUT2D eigenvalue weighted by molar-refractivity contribution is 8.13. The van der Waals surface area contributed by atoms with E-state index in [0.717, 1.165) is 38.8 Å². The Hall–Kier alpha value is -0.710. The lowest BCUT2D eigenvalue weighted by atomic mass is 10.3. The Morgan fingerprint density at radius 1 is 1.17 bits per heavy atom. The molecule has 0 aliphatic rings. The van der Waals surface area contributed by atoms with Gasteiger partial charge in [0, 0.05) is 19.6 Å². The Kier molecular flexibility index (Phi) is 10.9. The van der Waals surface area contributed by atoms with Gasteiger partial charge >= 0.3 is 6.03 Å². The van der Waals surface area contributed by atoms with E-state index in [0.29, 0.717) is 11.7 Å². The molecule has 0 aromatic carbocycles. The summed E-state index contributed by atoms with van der Waals surface area (Å²) in [5.41, 5.74) is 0. The summed E-state index contributed by atoms with van der Waals surface area (Å²) in [6.07, 6.45) is 6.24. The first-order chi connectivity index (χ1) is 8.69. The predicted molar refractivity (Wildman–Crippen MR) is 81.4 cm³/mol. The number of amidine groups is 1. The van der Waals surface area contributed by atoms with Gasteiger partial charge in [-0.25, -0.2) is 4.79 Å².